The van der Waals surface area contributed by atoms with E-state index in [2.05, 4.69) is 36.3 Å². The molecule has 4 nitrogen and oxygen atoms in total. The predicted octanol–water partition coefficient (Wildman–Crippen LogP) is 3.00. The van der Waals surface area contributed by atoms with E-state index in [1.165, 1.54) is 11.1 Å². The van der Waals surface area contributed by atoms with Crippen LogP contribution in [0.5, 0.6) is 0 Å². The molecule has 1 amide bonds. The lowest BCUT2D eigenvalue weighted by atomic mass is 10.1. The van der Waals surface area contributed by atoms with Crippen molar-refractivity contribution < 1.29 is 9.53 Å². The first kappa shape index (κ1) is 14.1. The largest absolute Gasteiger partial charge is 0.379 e. The monoisotopic (exact) mass is 286 g/mol. The Kier molecular flexibility index (Phi) is 3.72. The number of nitrogens with one attached hydrogen (secondary N) is 2. The normalized spacial score (nSPS) is 18.9. The summed E-state index contributed by atoms with van der Waals surface area (Å²) in [6.07, 6.45) is 2.00. The van der Waals surface area contributed by atoms with E-state index in [9.17, 15) is 4.79 Å². The van der Waals surface area contributed by atoms with Crippen LogP contribution in [0.15, 0.2) is 12.1 Å². The van der Waals surface area contributed by atoms with Crippen molar-refractivity contribution in [1.29, 1.82) is 0 Å². The molecule has 3 rings (SSSR count). The van der Waals surface area contributed by atoms with E-state index in [0.29, 0.717) is 12.3 Å². The number of H-pyrrole nitrogens is 1. The molecule has 1 saturated heterocycles. The summed E-state index contributed by atoms with van der Waals surface area (Å²) < 4.78 is 5.42. The Bertz CT molecular complexity index is 682. The predicted molar refractivity (Wildman–Crippen MR) is 83.8 cm³/mol. The summed E-state index contributed by atoms with van der Waals surface area (Å²) >= 11 is 0. The zero-order valence-corrected chi connectivity index (χ0v) is 12.9. The number of hydrogen-bond acceptors (Lipinski definition) is 2. The molecule has 0 bridgehead atoms. The van der Waals surface area contributed by atoms with E-state index in [1.54, 1.807) is 0 Å². The maximum Gasteiger partial charge on any atom is 0.268 e. The minimum absolute atomic E-state index is 0.0312. The zero-order valence-electron chi connectivity index (χ0n) is 12.9. The third-order valence-electron chi connectivity index (χ3n) is 4.23. The van der Waals surface area contributed by atoms with Crippen LogP contribution in [0.3, 0.4) is 0 Å². The SMILES string of the molecule is Cc1cc(C)c2[nH]c(C(=O)N[C@H]3CCCOC3)c(C)c2c1. The fourth-order valence-electron chi connectivity index (χ4n) is 3.12. The van der Waals surface area contributed by atoms with Crippen molar-refractivity contribution in [1.82, 2.24) is 10.3 Å². The molecule has 1 aliphatic heterocycles. The molecule has 2 aromatic rings. The summed E-state index contributed by atoms with van der Waals surface area (Å²) in [6, 6.07) is 4.39. The third kappa shape index (κ3) is 2.68. The average Bonchev–Trinajstić information content (AvgIpc) is 2.78. The van der Waals surface area contributed by atoms with E-state index in [0.717, 1.165) is 35.9 Å². The average molecular weight is 286 g/mol. The smallest absolute Gasteiger partial charge is 0.268 e. The van der Waals surface area contributed by atoms with Crippen molar-refractivity contribution in [2.45, 2.75) is 39.7 Å². The second kappa shape index (κ2) is 5.53. The number of rotatable bonds is 2. The first-order chi connectivity index (χ1) is 10.1. The van der Waals surface area contributed by atoms with Crippen molar-refractivity contribution in [2.24, 2.45) is 0 Å². The summed E-state index contributed by atoms with van der Waals surface area (Å²) in [4.78, 5) is 15.8. The van der Waals surface area contributed by atoms with Crippen LogP contribution in [-0.2, 0) is 4.74 Å². The van der Waals surface area contributed by atoms with Crippen molar-refractivity contribution >= 4 is 16.8 Å². The lowest BCUT2D eigenvalue weighted by Crippen LogP contribution is -2.40. The minimum Gasteiger partial charge on any atom is -0.379 e. The van der Waals surface area contributed by atoms with Gasteiger partial charge in [-0.05, 0) is 50.8 Å². The highest BCUT2D eigenvalue weighted by Gasteiger charge is 2.20. The molecular formula is C17H22N2O2. The van der Waals surface area contributed by atoms with Crippen LogP contribution >= 0.6 is 0 Å². The van der Waals surface area contributed by atoms with Crippen LogP contribution in [0.2, 0.25) is 0 Å². The Morgan fingerprint density at radius 1 is 1.33 bits per heavy atom. The van der Waals surface area contributed by atoms with Gasteiger partial charge in [0.15, 0.2) is 0 Å². The summed E-state index contributed by atoms with van der Waals surface area (Å²) in [5.74, 6) is -0.0312. The Balaban J connectivity index is 1.91. The number of aryl methyl sites for hydroxylation is 3. The van der Waals surface area contributed by atoms with E-state index in [1.807, 2.05) is 6.92 Å². The molecule has 1 aliphatic rings. The number of fused-ring (bicyclic) bond motifs is 1. The molecule has 4 heteroatoms. The summed E-state index contributed by atoms with van der Waals surface area (Å²) in [5, 5.41) is 4.21. The molecule has 0 spiro atoms. The number of aromatic amines is 1. The highest BCUT2D eigenvalue weighted by atomic mass is 16.5. The van der Waals surface area contributed by atoms with Gasteiger partial charge in [-0.3, -0.25) is 4.79 Å². The van der Waals surface area contributed by atoms with E-state index in [4.69, 9.17) is 4.74 Å². The molecule has 0 unspecified atom stereocenters. The molecule has 1 atom stereocenters. The molecule has 1 aromatic heterocycles. The van der Waals surface area contributed by atoms with Crippen molar-refractivity contribution in [3.05, 3.63) is 34.5 Å². The van der Waals surface area contributed by atoms with Gasteiger partial charge in [-0.15, -0.1) is 0 Å². The van der Waals surface area contributed by atoms with Gasteiger partial charge in [0.25, 0.3) is 5.91 Å². The molecule has 0 aliphatic carbocycles. The van der Waals surface area contributed by atoms with Crippen LogP contribution in [0.25, 0.3) is 10.9 Å². The maximum absolute atomic E-state index is 12.5. The van der Waals surface area contributed by atoms with Gasteiger partial charge in [-0.2, -0.15) is 0 Å². The van der Waals surface area contributed by atoms with E-state index < -0.39 is 0 Å². The zero-order chi connectivity index (χ0) is 15.0. The second-order valence-corrected chi connectivity index (χ2v) is 6.02. The summed E-state index contributed by atoms with van der Waals surface area (Å²) in [7, 11) is 0. The highest BCUT2D eigenvalue weighted by molar-refractivity contribution is 6.01. The maximum atomic E-state index is 12.5. The molecule has 0 saturated carbocycles. The second-order valence-electron chi connectivity index (χ2n) is 6.02. The van der Waals surface area contributed by atoms with Gasteiger partial charge in [-0.25, -0.2) is 0 Å². The number of benzene rings is 1. The summed E-state index contributed by atoms with van der Waals surface area (Å²) in [6.45, 7) is 7.57. The van der Waals surface area contributed by atoms with Crippen molar-refractivity contribution in [3.8, 4) is 0 Å². The van der Waals surface area contributed by atoms with Gasteiger partial charge >= 0.3 is 0 Å². The Hall–Kier alpha value is -1.81. The molecule has 2 N–H and O–H groups in total. The summed E-state index contributed by atoms with van der Waals surface area (Å²) in [5.41, 5.74) is 5.14. The van der Waals surface area contributed by atoms with Gasteiger partial charge < -0.3 is 15.0 Å². The fourth-order valence-corrected chi connectivity index (χ4v) is 3.12. The molecule has 21 heavy (non-hydrogen) atoms. The van der Waals surface area contributed by atoms with Crippen LogP contribution in [-0.4, -0.2) is 30.1 Å². The number of carbonyl (C=O) groups is 1. The lowest BCUT2D eigenvalue weighted by Gasteiger charge is -2.22. The van der Waals surface area contributed by atoms with E-state index >= 15 is 0 Å². The number of carbonyl (C=O) groups excluding carboxylic acids is 1. The number of ether oxygens (including phenoxy) is 1. The molecule has 1 aromatic carbocycles. The van der Waals surface area contributed by atoms with Gasteiger partial charge in [-0.1, -0.05) is 11.6 Å². The lowest BCUT2D eigenvalue weighted by molar-refractivity contribution is 0.0622. The first-order valence-corrected chi connectivity index (χ1v) is 7.54. The Labute approximate surface area is 124 Å². The minimum atomic E-state index is -0.0312. The Morgan fingerprint density at radius 2 is 2.14 bits per heavy atom. The quantitative estimate of drug-likeness (QED) is 0.891. The van der Waals surface area contributed by atoms with Crippen molar-refractivity contribution in [3.63, 3.8) is 0 Å². The van der Waals surface area contributed by atoms with Crippen LogP contribution in [0, 0.1) is 20.8 Å². The van der Waals surface area contributed by atoms with Gasteiger partial charge in [0.2, 0.25) is 0 Å². The van der Waals surface area contributed by atoms with Crippen molar-refractivity contribution in [2.75, 3.05) is 13.2 Å². The molecule has 2 heterocycles. The molecule has 1 fully saturated rings. The highest BCUT2D eigenvalue weighted by Crippen LogP contribution is 2.26. The standard InChI is InChI=1S/C17H22N2O2/c1-10-7-11(2)15-14(8-10)12(3)16(19-15)17(20)18-13-5-4-6-21-9-13/h7-8,13,19H,4-6,9H2,1-3H3,(H,18,20)/t13-/m0/s1. The first-order valence-electron chi connectivity index (χ1n) is 7.54. The van der Waals surface area contributed by atoms with Gasteiger partial charge in [0.05, 0.1) is 12.6 Å². The van der Waals surface area contributed by atoms with Crippen LogP contribution < -0.4 is 5.32 Å². The fraction of sp³-hybridized carbons (Fsp3) is 0.471. The number of amides is 1. The van der Waals surface area contributed by atoms with Gasteiger partial charge in [0, 0.05) is 17.5 Å². The third-order valence-corrected chi connectivity index (χ3v) is 4.23. The topological polar surface area (TPSA) is 54.1 Å². The number of hydrogen-bond donors (Lipinski definition) is 2. The molecule has 112 valence electrons. The van der Waals surface area contributed by atoms with Crippen LogP contribution in [0.1, 0.15) is 40.0 Å². The Morgan fingerprint density at radius 3 is 2.86 bits per heavy atom. The van der Waals surface area contributed by atoms with Gasteiger partial charge in [0.1, 0.15) is 5.69 Å². The molecule has 0 radical (unpaired) electrons. The van der Waals surface area contributed by atoms with Crippen LogP contribution in [0.4, 0.5) is 0 Å². The molecular weight excluding hydrogens is 264 g/mol. The number of aromatic nitrogens is 1. The van der Waals surface area contributed by atoms with E-state index in [-0.39, 0.29) is 11.9 Å².